The second kappa shape index (κ2) is 13.9. The number of rotatable bonds is 13. The van der Waals surface area contributed by atoms with Gasteiger partial charge in [0, 0.05) is 6.42 Å². The summed E-state index contributed by atoms with van der Waals surface area (Å²) in [5.74, 6) is -2.19. The van der Waals surface area contributed by atoms with Crippen LogP contribution in [0.2, 0.25) is 0 Å². The van der Waals surface area contributed by atoms with Crippen LogP contribution in [0.1, 0.15) is 51.5 Å². The summed E-state index contributed by atoms with van der Waals surface area (Å²) >= 11 is 0. The first-order valence-corrected chi connectivity index (χ1v) is 12.4. The van der Waals surface area contributed by atoms with Gasteiger partial charge in [0.05, 0.1) is 6.04 Å². The molecule has 8 N–H and O–H groups in total. The van der Waals surface area contributed by atoms with Crippen LogP contribution in [-0.2, 0) is 25.6 Å². The first-order chi connectivity index (χ1) is 16.7. The van der Waals surface area contributed by atoms with Crippen LogP contribution in [0.4, 0.5) is 0 Å². The quantitative estimate of drug-likeness (QED) is 0.239. The molecule has 0 aromatic heterocycles. The maximum absolute atomic E-state index is 13.8. The SMILES string of the molecule is CC(C)C1NC(=O)C(CCCN)N(C(=O)C(Cc2ccccc2)NC(=O)C(N)CCCCN)C1=O. The zero-order valence-corrected chi connectivity index (χ0v) is 20.7. The Bertz CT molecular complexity index is 863. The summed E-state index contributed by atoms with van der Waals surface area (Å²) in [6, 6.07) is 5.49. The summed E-state index contributed by atoms with van der Waals surface area (Å²) in [6.07, 6.45) is 2.71. The zero-order valence-electron chi connectivity index (χ0n) is 20.7. The van der Waals surface area contributed by atoms with Gasteiger partial charge in [-0.3, -0.25) is 24.1 Å². The number of benzene rings is 1. The molecule has 194 valence electrons. The molecular weight excluding hydrogens is 448 g/mol. The van der Waals surface area contributed by atoms with Crippen molar-refractivity contribution in [3.63, 3.8) is 0 Å². The molecule has 0 spiro atoms. The number of hydrogen-bond acceptors (Lipinski definition) is 7. The highest BCUT2D eigenvalue weighted by molar-refractivity contribution is 6.08. The lowest BCUT2D eigenvalue weighted by Gasteiger charge is -2.40. The van der Waals surface area contributed by atoms with Crippen LogP contribution in [0.15, 0.2) is 30.3 Å². The van der Waals surface area contributed by atoms with Crippen molar-refractivity contribution < 1.29 is 19.2 Å². The van der Waals surface area contributed by atoms with E-state index in [0.29, 0.717) is 32.4 Å². The summed E-state index contributed by atoms with van der Waals surface area (Å²) in [6.45, 7) is 4.42. The number of carbonyl (C=O) groups excluding carboxylic acids is 4. The minimum absolute atomic E-state index is 0.155. The third kappa shape index (κ3) is 7.84. The van der Waals surface area contributed by atoms with Crippen molar-refractivity contribution in [3.8, 4) is 0 Å². The fraction of sp³-hybridized carbons (Fsp3) is 0.600. The Balaban J connectivity index is 2.35. The molecule has 1 aliphatic rings. The summed E-state index contributed by atoms with van der Waals surface area (Å²) in [5, 5.41) is 5.50. The lowest BCUT2D eigenvalue weighted by atomic mass is 9.94. The van der Waals surface area contributed by atoms with Crippen LogP contribution >= 0.6 is 0 Å². The van der Waals surface area contributed by atoms with E-state index in [1.807, 2.05) is 30.3 Å². The third-order valence-corrected chi connectivity index (χ3v) is 6.20. The van der Waals surface area contributed by atoms with Crippen LogP contribution in [0.5, 0.6) is 0 Å². The van der Waals surface area contributed by atoms with Crippen molar-refractivity contribution in [2.75, 3.05) is 13.1 Å². The maximum atomic E-state index is 13.8. The summed E-state index contributed by atoms with van der Waals surface area (Å²) < 4.78 is 0. The molecule has 0 bridgehead atoms. The molecule has 10 nitrogen and oxygen atoms in total. The Morgan fingerprint density at radius 1 is 1.06 bits per heavy atom. The van der Waals surface area contributed by atoms with Gasteiger partial charge >= 0.3 is 0 Å². The molecule has 1 fully saturated rings. The molecule has 2 rings (SSSR count). The number of amides is 4. The number of nitrogens with one attached hydrogen (secondary N) is 2. The standard InChI is InChI=1S/C25H40N6O4/c1-16(2)21-25(35)31(20(12-8-14-27)23(33)30-21)24(34)19(15-17-9-4-3-5-10-17)29-22(32)18(28)11-6-7-13-26/h3-5,9-10,16,18-21H,6-8,11-15,26-28H2,1-2H3,(H,29,32)(H,30,33). The van der Waals surface area contributed by atoms with E-state index in [9.17, 15) is 19.2 Å². The fourth-order valence-electron chi connectivity index (χ4n) is 4.15. The van der Waals surface area contributed by atoms with E-state index in [0.717, 1.165) is 16.9 Å². The topological polar surface area (TPSA) is 174 Å². The van der Waals surface area contributed by atoms with Crippen LogP contribution in [0.25, 0.3) is 0 Å². The second-order valence-corrected chi connectivity index (χ2v) is 9.37. The molecule has 1 aromatic carbocycles. The molecule has 1 aromatic rings. The Morgan fingerprint density at radius 3 is 2.31 bits per heavy atom. The van der Waals surface area contributed by atoms with Gasteiger partial charge in [0.2, 0.25) is 11.8 Å². The molecular formula is C25H40N6O4. The van der Waals surface area contributed by atoms with Gasteiger partial charge in [0.15, 0.2) is 0 Å². The number of hydrogen-bond donors (Lipinski definition) is 5. The number of carbonyl (C=O) groups is 4. The van der Waals surface area contributed by atoms with Gasteiger partial charge in [-0.2, -0.15) is 0 Å². The molecule has 4 unspecified atom stereocenters. The minimum atomic E-state index is -1.06. The summed E-state index contributed by atoms with van der Waals surface area (Å²) in [5.41, 5.74) is 18.0. The summed E-state index contributed by atoms with van der Waals surface area (Å²) in [7, 11) is 0. The molecule has 35 heavy (non-hydrogen) atoms. The van der Waals surface area contributed by atoms with Crippen molar-refractivity contribution in [2.45, 2.75) is 76.5 Å². The molecule has 4 amide bonds. The van der Waals surface area contributed by atoms with Crippen LogP contribution in [0, 0.1) is 5.92 Å². The predicted molar refractivity (Wildman–Crippen MR) is 134 cm³/mol. The Kier molecular flexibility index (Phi) is 11.3. The lowest BCUT2D eigenvalue weighted by molar-refractivity contribution is -0.161. The Hall–Kier alpha value is -2.82. The number of piperazine rings is 1. The van der Waals surface area contributed by atoms with Crippen molar-refractivity contribution in [2.24, 2.45) is 23.1 Å². The number of nitrogens with two attached hydrogens (primary N) is 3. The highest BCUT2D eigenvalue weighted by Gasteiger charge is 2.46. The van der Waals surface area contributed by atoms with Crippen LogP contribution < -0.4 is 27.8 Å². The van der Waals surface area contributed by atoms with E-state index < -0.39 is 47.8 Å². The maximum Gasteiger partial charge on any atom is 0.252 e. The first-order valence-electron chi connectivity index (χ1n) is 12.4. The van der Waals surface area contributed by atoms with Gasteiger partial charge in [0.25, 0.3) is 11.8 Å². The second-order valence-electron chi connectivity index (χ2n) is 9.37. The largest absolute Gasteiger partial charge is 0.343 e. The normalized spacial score (nSPS) is 19.9. The lowest BCUT2D eigenvalue weighted by Crippen LogP contribution is -2.68. The van der Waals surface area contributed by atoms with E-state index in [2.05, 4.69) is 10.6 Å². The fourth-order valence-corrected chi connectivity index (χ4v) is 4.15. The van der Waals surface area contributed by atoms with Gasteiger partial charge in [-0.1, -0.05) is 50.6 Å². The van der Waals surface area contributed by atoms with Crippen molar-refractivity contribution in [3.05, 3.63) is 35.9 Å². The monoisotopic (exact) mass is 488 g/mol. The molecule has 1 aliphatic heterocycles. The molecule has 1 heterocycles. The van der Waals surface area contributed by atoms with Gasteiger partial charge < -0.3 is 27.8 Å². The van der Waals surface area contributed by atoms with Gasteiger partial charge in [-0.25, -0.2) is 0 Å². The highest BCUT2D eigenvalue weighted by atomic mass is 16.2. The summed E-state index contributed by atoms with van der Waals surface area (Å²) in [4.78, 5) is 54.1. The van der Waals surface area contributed by atoms with E-state index in [-0.39, 0.29) is 18.8 Å². The molecule has 0 radical (unpaired) electrons. The van der Waals surface area contributed by atoms with Crippen molar-refractivity contribution in [1.82, 2.24) is 15.5 Å². The zero-order chi connectivity index (χ0) is 26.0. The first kappa shape index (κ1) is 28.4. The molecule has 1 saturated heterocycles. The average molecular weight is 489 g/mol. The van der Waals surface area contributed by atoms with Crippen molar-refractivity contribution >= 4 is 23.6 Å². The van der Waals surface area contributed by atoms with Gasteiger partial charge in [-0.05, 0) is 50.3 Å². The van der Waals surface area contributed by atoms with Crippen molar-refractivity contribution in [1.29, 1.82) is 0 Å². The van der Waals surface area contributed by atoms with Crippen LogP contribution in [-0.4, -0.2) is 65.8 Å². The van der Waals surface area contributed by atoms with Gasteiger partial charge in [-0.15, -0.1) is 0 Å². The molecule has 10 heteroatoms. The smallest absolute Gasteiger partial charge is 0.252 e. The molecule has 4 atom stereocenters. The average Bonchev–Trinajstić information content (AvgIpc) is 2.83. The predicted octanol–water partition coefficient (Wildman–Crippen LogP) is -0.213. The highest BCUT2D eigenvalue weighted by Crippen LogP contribution is 2.21. The molecule has 0 aliphatic carbocycles. The number of imide groups is 1. The Morgan fingerprint density at radius 2 is 1.71 bits per heavy atom. The third-order valence-electron chi connectivity index (χ3n) is 6.20. The van der Waals surface area contributed by atoms with E-state index in [4.69, 9.17) is 17.2 Å². The van der Waals surface area contributed by atoms with Crippen LogP contribution in [0.3, 0.4) is 0 Å². The van der Waals surface area contributed by atoms with Gasteiger partial charge in [0.1, 0.15) is 18.1 Å². The minimum Gasteiger partial charge on any atom is -0.343 e. The Labute approximate surface area is 207 Å². The van der Waals surface area contributed by atoms with E-state index >= 15 is 0 Å². The number of nitrogens with zero attached hydrogens (tertiary/aromatic N) is 1. The van der Waals surface area contributed by atoms with E-state index in [1.165, 1.54) is 0 Å². The number of unbranched alkanes of at least 4 members (excludes halogenated alkanes) is 1. The molecule has 0 saturated carbocycles. The van der Waals surface area contributed by atoms with E-state index in [1.54, 1.807) is 13.8 Å².